The van der Waals surface area contributed by atoms with Gasteiger partial charge in [-0.2, -0.15) is 0 Å². The quantitative estimate of drug-likeness (QED) is 0.511. The highest BCUT2D eigenvalue weighted by Gasteiger charge is 2.34. The number of benzene rings is 1. The number of nitrogens with zero attached hydrogens (tertiary/aromatic N) is 1. The van der Waals surface area contributed by atoms with Crippen molar-refractivity contribution in [3.63, 3.8) is 0 Å². The minimum absolute atomic E-state index is 0.0737. The van der Waals surface area contributed by atoms with E-state index in [1.54, 1.807) is 11.8 Å². The largest absolute Gasteiger partial charge is 0.464 e. The number of ether oxygens (including phenoxy) is 1. The molecule has 1 unspecified atom stereocenters. The van der Waals surface area contributed by atoms with E-state index < -0.39 is 0 Å². The number of carbonyl (C=O) groups is 1. The molecule has 0 aliphatic carbocycles. The van der Waals surface area contributed by atoms with Crippen LogP contribution in [0.4, 0.5) is 0 Å². The van der Waals surface area contributed by atoms with Crippen molar-refractivity contribution in [2.75, 3.05) is 19.7 Å². The van der Waals surface area contributed by atoms with Gasteiger partial charge >= 0.3 is 5.97 Å². The van der Waals surface area contributed by atoms with Crippen LogP contribution in [0.15, 0.2) is 29.2 Å². The Morgan fingerprint density at radius 3 is 2.76 bits per heavy atom. The molecule has 138 valence electrons. The van der Waals surface area contributed by atoms with Gasteiger partial charge in [-0.25, -0.2) is 0 Å². The lowest BCUT2D eigenvalue weighted by molar-refractivity contribution is -0.146. The topological polar surface area (TPSA) is 29.5 Å². The minimum Gasteiger partial charge on any atom is -0.464 e. The van der Waals surface area contributed by atoms with Crippen molar-refractivity contribution in [2.24, 2.45) is 5.92 Å². The van der Waals surface area contributed by atoms with E-state index in [1.807, 2.05) is 31.2 Å². The van der Waals surface area contributed by atoms with Gasteiger partial charge in [-0.1, -0.05) is 24.9 Å². The highest BCUT2D eigenvalue weighted by Crippen LogP contribution is 2.32. The molecule has 0 amide bonds. The SMILES string of the molecule is CCC(Sc1ccc(Cl)cc1)C(=O)OC[C@@H]1CCCN2CCCC[C@H]12. The monoisotopic (exact) mass is 381 g/mol. The Balaban J connectivity index is 1.52. The smallest absolute Gasteiger partial charge is 0.319 e. The minimum atomic E-state index is -0.146. The standard InChI is InChI=1S/C20H28ClNO2S/c1-2-19(25-17-10-8-16(21)9-11-17)20(23)24-14-15-6-5-13-22-12-4-3-7-18(15)22/h8-11,15,18-19H,2-7,12-14H2,1H3/t15-,18+,19?/m0/s1. The lowest BCUT2D eigenvalue weighted by atomic mass is 9.84. The van der Waals surface area contributed by atoms with Crippen molar-refractivity contribution >= 4 is 29.3 Å². The molecule has 2 aliphatic rings. The highest BCUT2D eigenvalue weighted by molar-refractivity contribution is 8.00. The van der Waals surface area contributed by atoms with E-state index in [-0.39, 0.29) is 11.2 Å². The molecule has 0 spiro atoms. The second kappa shape index (κ2) is 9.29. The van der Waals surface area contributed by atoms with Crippen LogP contribution in [0.25, 0.3) is 0 Å². The normalized spacial score (nSPS) is 25.2. The van der Waals surface area contributed by atoms with Crippen molar-refractivity contribution in [3.05, 3.63) is 29.3 Å². The number of hydrogen-bond donors (Lipinski definition) is 0. The Bertz CT molecular complexity index is 563. The zero-order chi connectivity index (χ0) is 17.6. The molecular weight excluding hydrogens is 354 g/mol. The van der Waals surface area contributed by atoms with E-state index in [0.29, 0.717) is 23.6 Å². The molecule has 0 radical (unpaired) electrons. The van der Waals surface area contributed by atoms with E-state index in [0.717, 1.165) is 11.3 Å². The summed E-state index contributed by atoms with van der Waals surface area (Å²) in [5.41, 5.74) is 0. The molecule has 0 N–H and O–H groups in total. The molecule has 2 heterocycles. The zero-order valence-corrected chi connectivity index (χ0v) is 16.5. The summed E-state index contributed by atoms with van der Waals surface area (Å²) < 4.78 is 5.77. The Morgan fingerprint density at radius 2 is 2.00 bits per heavy atom. The van der Waals surface area contributed by atoms with Gasteiger partial charge in [-0.3, -0.25) is 9.69 Å². The van der Waals surface area contributed by atoms with Gasteiger partial charge in [0.25, 0.3) is 0 Å². The zero-order valence-electron chi connectivity index (χ0n) is 15.0. The summed E-state index contributed by atoms with van der Waals surface area (Å²) >= 11 is 7.50. The van der Waals surface area contributed by atoms with Gasteiger partial charge in [-0.05, 0) is 69.5 Å². The maximum Gasteiger partial charge on any atom is 0.319 e. The molecule has 3 atom stereocenters. The van der Waals surface area contributed by atoms with E-state index in [4.69, 9.17) is 16.3 Å². The first-order valence-corrected chi connectivity index (χ1v) is 10.8. The molecule has 1 aromatic rings. The molecular formula is C20H28ClNO2S. The third-order valence-electron chi connectivity index (χ3n) is 5.39. The van der Waals surface area contributed by atoms with Crippen molar-refractivity contribution in [3.8, 4) is 0 Å². The fourth-order valence-electron chi connectivity index (χ4n) is 4.03. The molecule has 0 bridgehead atoms. The summed E-state index contributed by atoms with van der Waals surface area (Å²) in [6.07, 6.45) is 7.09. The predicted octanol–water partition coefficient (Wildman–Crippen LogP) is 5.02. The second-order valence-corrected chi connectivity index (χ2v) is 8.81. The Kier molecular flexibility index (Phi) is 7.08. The van der Waals surface area contributed by atoms with Crippen LogP contribution in [0.2, 0.25) is 5.02 Å². The number of fused-ring (bicyclic) bond motifs is 1. The van der Waals surface area contributed by atoms with Crippen molar-refractivity contribution in [1.29, 1.82) is 0 Å². The Morgan fingerprint density at radius 1 is 1.24 bits per heavy atom. The van der Waals surface area contributed by atoms with Crippen LogP contribution < -0.4 is 0 Å². The van der Waals surface area contributed by atoms with Crippen molar-refractivity contribution in [1.82, 2.24) is 4.90 Å². The Labute approximate surface area is 160 Å². The molecule has 0 aromatic heterocycles. The molecule has 5 heteroatoms. The summed E-state index contributed by atoms with van der Waals surface area (Å²) in [6.45, 7) is 5.06. The molecule has 3 nitrogen and oxygen atoms in total. The summed E-state index contributed by atoms with van der Waals surface area (Å²) in [4.78, 5) is 16.2. The van der Waals surface area contributed by atoms with Crippen LogP contribution in [0.1, 0.15) is 45.4 Å². The van der Waals surface area contributed by atoms with Crippen LogP contribution in [0, 0.1) is 5.92 Å². The number of thioether (sulfide) groups is 1. The molecule has 1 aromatic carbocycles. The van der Waals surface area contributed by atoms with E-state index >= 15 is 0 Å². The van der Waals surface area contributed by atoms with Gasteiger partial charge in [-0.15, -0.1) is 11.8 Å². The van der Waals surface area contributed by atoms with E-state index in [1.165, 1.54) is 45.2 Å². The van der Waals surface area contributed by atoms with Gasteiger partial charge in [0.2, 0.25) is 0 Å². The fraction of sp³-hybridized carbons (Fsp3) is 0.650. The lowest BCUT2D eigenvalue weighted by Gasteiger charge is -2.44. The van der Waals surface area contributed by atoms with Crippen LogP contribution >= 0.6 is 23.4 Å². The molecule has 2 aliphatic heterocycles. The summed E-state index contributed by atoms with van der Waals surface area (Å²) in [7, 11) is 0. The van der Waals surface area contributed by atoms with Crippen LogP contribution in [-0.2, 0) is 9.53 Å². The molecule has 0 saturated carbocycles. The van der Waals surface area contributed by atoms with E-state index in [2.05, 4.69) is 4.90 Å². The first-order chi connectivity index (χ1) is 12.2. The average Bonchev–Trinajstić information content (AvgIpc) is 2.65. The maximum atomic E-state index is 12.6. The summed E-state index contributed by atoms with van der Waals surface area (Å²) in [6, 6.07) is 8.27. The molecule has 2 saturated heterocycles. The fourth-order valence-corrected chi connectivity index (χ4v) is 5.11. The maximum absolute atomic E-state index is 12.6. The first kappa shape index (κ1) is 19.1. The van der Waals surface area contributed by atoms with Crippen LogP contribution in [0.5, 0.6) is 0 Å². The van der Waals surface area contributed by atoms with Gasteiger partial charge < -0.3 is 4.74 Å². The number of piperidine rings is 2. The first-order valence-electron chi connectivity index (χ1n) is 9.50. The van der Waals surface area contributed by atoms with Gasteiger partial charge in [0.15, 0.2) is 0 Å². The third-order valence-corrected chi connectivity index (χ3v) is 7.00. The number of rotatable bonds is 6. The van der Waals surface area contributed by atoms with Gasteiger partial charge in [0.05, 0.1) is 6.61 Å². The van der Waals surface area contributed by atoms with Crippen LogP contribution in [-0.4, -0.2) is 41.9 Å². The number of esters is 1. The Hall–Kier alpha value is -0.710. The number of halogens is 1. The highest BCUT2D eigenvalue weighted by atomic mass is 35.5. The molecule has 2 fully saturated rings. The average molecular weight is 382 g/mol. The lowest BCUT2D eigenvalue weighted by Crippen LogP contribution is -2.49. The number of hydrogen-bond acceptors (Lipinski definition) is 4. The summed E-state index contributed by atoms with van der Waals surface area (Å²) in [5, 5.41) is 0.571. The second-order valence-electron chi connectivity index (χ2n) is 7.10. The predicted molar refractivity (Wildman–Crippen MR) is 104 cm³/mol. The molecule has 3 rings (SSSR count). The summed E-state index contributed by atoms with van der Waals surface area (Å²) in [5.74, 6) is 0.437. The van der Waals surface area contributed by atoms with Gasteiger partial charge in [0.1, 0.15) is 5.25 Å². The number of carbonyl (C=O) groups excluding carboxylic acids is 1. The van der Waals surface area contributed by atoms with Gasteiger partial charge in [0, 0.05) is 21.9 Å². The molecule has 25 heavy (non-hydrogen) atoms. The van der Waals surface area contributed by atoms with Crippen LogP contribution in [0.3, 0.4) is 0 Å². The van der Waals surface area contributed by atoms with E-state index in [9.17, 15) is 4.79 Å². The van der Waals surface area contributed by atoms with Crippen molar-refractivity contribution < 1.29 is 9.53 Å². The van der Waals surface area contributed by atoms with Crippen molar-refractivity contribution in [2.45, 2.75) is 61.6 Å². The third kappa shape index (κ3) is 5.15.